The van der Waals surface area contributed by atoms with Gasteiger partial charge < -0.3 is 73.4 Å². The fraction of sp³-hybridized carbons (Fsp3) is 0.586. The molecule has 29 nitrogen and oxygen atoms in total. The van der Waals surface area contributed by atoms with Crippen LogP contribution >= 0.6 is 11.8 Å². The van der Waals surface area contributed by atoms with Crippen LogP contribution in [-0.2, 0) is 70.4 Å². The van der Waals surface area contributed by atoms with Gasteiger partial charge in [-0.3, -0.25) is 72.7 Å². The largest absolute Gasteiger partial charge is 0.481 e. The molecule has 2 heterocycles. The number of nitrogens with two attached hydrogens (primary N) is 1. The number of hydrogen-bond donors (Lipinski definition) is 15. The molecule has 2 fully saturated rings. The van der Waals surface area contributed by atoms with E-state index in [2.05, 4.69) is 37.2 Å². The predicted octanol–water partition coefficient (Wildman–Crippen LogP) is -3.68. The Labute approximate surface area is 513 Å². The number of aliphatic hydroxyl groups is 5. The fourth-order valence-electron chi connectivity index (χ4n) is 9.79. The van der Waals surface area contributed by atoms with Crippen molar-refractivity contribution in [1.82, 2.24) is 47.0 Å². The quantitative estimate of drug-likeness (QED) is 0.0174. The van der Waals surface area contributed by atoms with Gasteiger partial charge in [0.05, 0.1) is 30.4 Å². The number of likely N-dealkylation sites (tertiary alicyclic amines) is 2. The molecule has 88 heavy (non-hydrogen) atoms. The number of carboxylic acid groups (broad SMARTS) is 2. The van der Waals surface area contributed by atoms with Crippen molar-refractivity contribution in [3.8, 4) is 0 Å². The van der Waals surface area contributed by atoms with Crippen LogP contribution in [0, 0.1) is 5.92 Å². The number of rotatable bonds is 39. The molecule has 486 valence electrons. The third-order valence-corrected chi connectivity index (χ3v) is 15.8. The Morgan fingerprint density at radius 1 is 0.659 bits per heavy atom. The molecule has 30 heteroatoms. The molecule has 12 atom stereocenters. The van der Waals surface area contributed by atoms with E-state index in [0.717, 1.165) is 23.6 Å². The molecule has 2 aromatic carbocycles. The van der Waals surface area contributed by atoms with Crippen molar-refractivity contribution in [1.29, 1.82) is 0 Å². The van der Waals surface area contributed by atoms with E-state index < -0.39 is 175 Å². The van der Waals surface area contributed by atoms with Gasteiger partial charge >= 0.3 is 11.9 Å². The number of carbonyl (C=O) groups excluding carboxylic acids is 10. The number of carboxylic acids is 2. The molecule has 16 N–H and O–H groups in total. The Morgan fingerprint density at radius 3 is 1.82 bits per heavy atom. The zero-order chi connectivity index (χ0) is 65.2. The molecule has 2 aliphatic heterocycles. The number of aliphatic carboxylic acids is 2. The van der Waals surface area contributed by atoms with E-state index >= 15 is 0 Å². The number of carbonyl (C=O) groups is 12. The number of unbranched alkanes of at least 4 members (excludes halogenated alkanes) is 2. The SMILES string of the molecule is CC(=O)NC(CSC1CC(=O)N(CCCCN2C[C@H](O)[C@@H](O)[C@H](O)[C@H]2CO)C1=O)C(=O)NC(Cc1ccccc1)C(=O)NC(NC(NC(=O)C(CC(=O)O)NC(=O)C(CCC(=O)O)NC(=O)C(O)CC(C)C)C(=O)CCCCN)C(=O)Cc1ccccc1. The number of Topliss-reactive ketones (excluding diaryl/α,β-unsaturated/α-hetero) is 2. The summed E-state index contributed by atoms with van der Waals surface area (Å²) in [7, 11) is 0. The van der Waals surface area contributed by atoms with Crippen LogP contribution in [0.15, 0.2) is 60.7 Å². The van der Waals surface area contributed by atoms with E-state index in [0.29, 0.717) is 30.4 Å². The summed E-state index contributed by atoms with van der Waals surface area (Å²) >= 11 is 0.903. The monoisotopic (exact) mass is 1260 g/mol. The first kappa shape index (κ1) is 73.2. The van der Waals surface area contributed by atoms with Gasteiger partial charge in [-0.15, -0.1) is 11.8 Å². The van der Waals surface area contributed by atoms with Gasteiger partial charge in [0.1, 0.15) is 54.8 Å². The molecule has 0 aliphatic carbocycles. The first-order chi connectivity index (χ1) is 41.7. The molecule has 2 aromatic rings. The summed E-state index contributed by atoms with van der Waals surface area (Å²) in [5, 5.41) is 86.3. The number of ketones is 2. The van der Waals surface area contributed by atoms with E-state index in [1.807, 2.05) is 0 Å². The second-order valence-electron chi connectivity index (χ2n) is 22.1. The lowest BCUT2D eigenvalue weighted by Gasteiger charge is -2.43. The number of thioether (sulfide) groups is 1. The van der Waals surface area contributed by atoms with Crippen LogP contribution < -0.4 is 43.0 Å². The highest BCUT2D eigenvalue weighted by molar-refractivity contribution is 8.00. The van der Waals surface area contributed by atoms with E-state index in [1.165, 1.54) is 0 Å². The summed E-state index contributed by atoms with van der Waals surface area (Å²) in [5.41, 5.74) is 6.62. The summed E-state index contributed by atoms with van der Waals surface area (Å²) in [6.45, 7) is 4.42. The highest BCUT2D eigenvalue weighted by Crippen LogP contribution is 2.27. The van der Waals surface area contributed by atoms with Gasteiger partial charge in [-0.2, -0.15) is 0 Å². The maximum Gasteiger partial charge on any atom is 0.305 e. The second-order valence-corrected chi connectivity index (χ2v) is 23.3. The third-order valence-electron chi connectivity index (χ3n) is 14.5. The van der Waals surface area contributed by atoms with Gasteiger partial charge in [0.25, 0.3) is 0 Å². The molecule has 4 rings (SSSR count). The zero-order valence-electron chi connectivity index (χ0n) is 49.4. The second kappa shape index (κ2) is 36.9. The average Bonchev–Trinajstić information content (AvgIpc) is 3.44. The summed E-state index contributed by atoms with van der Waals surface area (Å²) < 4.78 is 0. The first-order valence-corrected chi connectivity index (χ1v) is 30.1. The van der Waals surface area contributed by atoms with E-state index in [9.17, 15) is 93.3 Å². The number of hydrogen-bond acceptors (Lipinski definition) is 21. The van der Waals surface area contributed by atoms with Crippen LogP contribution in [0.3, 0.4) is 0 Å². The lowest BCUT2D eigenvalue weighted by molar-refractivity contribution is -0.145. The number of benzene rings is 2. The molecule has 0 aromatic heterocycles. The van der Waals surface area contributed by atoms with Crippen molar-refractivity contribution in [2.24, 2.45) is 11.7 Å². The van der Waals surface area contributed by atoms with Gasteiger partial charge in [0, 0.05) is 57.9 Å². The van der Waals surface area contributed by atoms with Crippen molar-refractivity contribution in [3.63, 3.8) is 0 Å². The van der Waals surface area contributed by atoms with E-state index in [4.69, 9.17) is 5.73 Å². The topological polar surface area (TPSA) is 463 Å². The van der Waals surface area contributed by atoms with Gasteiger partial charge in [0.2, 0.25) is 47.3 Å². The van der Waals surface area contributed by atoms with Gasteiger partial charge in [-0.25, -0.2) is 0 Å². The Morgan fingerprint density at radius 2 is 1.23 bits per heavy atom. The zero-order valence-corrected chi connectivity index (χ0v) is 50.2. The molecular formula is C58H84N10O19S. The van der Waals surface area contributed by atoms with Crippen LogP contribution in [0.2, 0.25) is 0 Å². The third kappa shape index (κ3) is 24.0. The highest BCUT2D eigenvalue weighted by Gasteiger charge is 2.43. The fourth-order valence-corrected chi connectivity index (χ4v) is 11.0. The maximum atomic E-state index is 14.8. The van der Waals surface area contributed by atoms with Crippen LogP contribution in [0.5, 0.6) is 0 Å². The lowest BCUT2D eigenvalue weighted by atomic mass is 9.94. The number of nitrogens with zero attached hydrogens (tertiary/aromatic N) is 2. The number of piperidine rings is 1. The minimum atomic E-state index is -2.04. The number of nitrogens with one attached hydrogen (secondary N) is 7. The number of amides is 8. The highest BCUT2D eigenvalue weighted by atomic mass is 32.2. The normalized spacial score (nSPS) is 20.1. The van der Waals surface area contributed by atoms with E-state index in [-0.39, 0.29) is 70.0 Å². The molecular weight excluding hydrogens is 1170 g/mol. The van der Waals surface area contributed by atoms with Gasteiger partial charge in [-0.05, 0) is 68.7 Å². The van der Waals surface area contributed by atoms with Crippen LogP contribution in [0.1, 0.15) is 96.1 Å². The summed E-state index contributed by atoms with van der Waals surface area (Å²) in [4.78, 5) is 165. The minimum Gasteiger partial charge on any atom is -0.481 e. The minimum absolute atomic E-state index is 0.000534. The maximum absolute atomic E-state index is 14.8. The van der Waals surface area contributed by atoms with Crippen molar-refractivity contribution in [2.45, 2.75) is 170 Å². The molecule has 2 aliphatic rings. The lowest BCUT2D eigenvalue weighted by Crippen LogP contribution is -2.65. The summed E-state index contributed by atoms with van der Waals surface area (Å²) in [6, 6.07) is 8.78. The Hall–Kier alpha value is -7.29. The molecule has 8 unspecified atom stereocenters. The Kier molecular flexibility index (Phi) is 30.7. The summed E-state index contributed by atoms with van der Waals surface area (Å²) in [5.74, 6) is -12.4. The molecule has 0 bridgehead atoms. The molecule has 8 amide bonds. The van der Waals surface area contributed by atoms with Crippen LogP contribution in [0.25, 0.3) is 0 Å². The molecule has 0 spiro atoms. The predicted molar refractivity (Wildman–Crippen MR) is 315 cm³/mol. The first-order valence-electron chi connectivity index (χ1n) is 29.1. The number of aliphatic hydroxyl groups excluding tert-OH is 5. The molecule has 0 radical (unpaired) electrons. The Bertz CT molecular complexity index is 2710. The molecule has 0 saturated carbocycles. The van der Waals surface area contributed by atoms with Crippen LogP contribution in [-0.4, -0.2) is 227 Å². The standard InChI is InChI=1S/C58H84N10O19S/c1-32(2)24-43(73)57(86)61-36(19-20-47(76)77)53(82)63-38(27-48(78)79)55(84)65-51(41(71)18-10-11-21-59)64-52(42(72)26-35-16-8-5-9-17-35)66-54(83)37(25-34-14-6-4-7-15-34)62-56(85)39(60-33(3)70)31-88-45-28-46(75)68(58(45)87)23-13-12-22-67-29-44(74)50(81)49(80)40(67)30-69/h4-9,14-17,32,36-40,43-45,49-52,64,69,73-74,80-81H,10-13,18-31,59H2,1-3H3,(H,60,70)(H,61,86)(H,62,85)(H,63,82)(H,65,84)(H,66,83)(H,76,77)(H,78,79)/t36?,37?,38?,39?,40-,43?,44+,45?,49-,50-,51?,52?/m1/s1. The Balaban J connectivity index is 1.61. The van der Waals surface area contributed by atoms with Crippen molar-refractivity contribution < 1.29 is 93.3 Å². The number of imide groups is 1. The van der Waals surface area contributed by atoms with Crippen molar-refractivity contribution in [2.75, 3.05) is 38.5 Å². The van der Waals surface area contributed by atoms with Gasteiger partial charge in [-0.1, -0.05) is 74.5 Å². The average molecular weight is 1260 g/mol. The van der Waals surface area contributed by atoms with Gasteiger partial charge in [0.15, 0.2) is 11.6 Å². The smallest absolute Gasteiger partial charge is 0.305 e. The number of β-amino-alcohol motifs (C(OH)–C–C–N with tert-alkyl or cyclic N) is 1. The summed E-state index contributed by atoms with van der Waals surface area (Å²) in [6.07, 6.45) is -12.1. The van der Waals surface area contributed by atoms with Crippen molar-refractivity contribution in [3.05, 3.63) is 71.8 Å². The van der Waals surface area contributed by atoms with Crippen molar-refractivity contribution >= 4 is 82.5 Å². The van der Waals surface area contributed by atoms with Crippen LogP contribution in [0.4, 0.5) is 0 Å². The molecule has 2 saturated heterocycles. The van der Waals surface area contributed by atoms with E-state index in [1.54, 1.807) is 79.4 Å².